The van der Waals surface area contributed by atoms with Crippen LogP contribution >= 0.6 is 0 Å². The number of hydrogen-bond donors (Lipinski definition) is 1. The number of hydrogen-bond acceptors (Lipinski definition) is 4. The number of rotatable bonds is 5. The van der Waals surface area contributed by atoms with E-state index < -0.39 is 10.0 Å². The summed E-state index contributed by atoms with van der Waals surface area (Å²) in [4.78, 5) is 11.2. The zero-order chi connectivity index (χ0) is 18.1. The Kier molecular flexibility index (Phi) is 5.10. The van der Waals surface area contributed by atoms with Crippen molar-refractivity contribution >= 4 is 21.6 Å². The first kappa shape index (κ1) is 18.2. The van der Waals surface area contributed by atoms with Crippen LogP contribution in [-0.4, -0.2) is 35.5 Å². The lowest BCUT2D eigenvalue weighted by atomic mass is 10.2. The van der Waals surface area contributed by atoms with Gasteiger partial charge in [0.2, 0.25) is 15.9 Å². The zero-order valence-electron chi connectivity index (χ0n) is 14.5. The molecule has 7 nitrogen and oxygen atoms in total. The first-order valence-electron chi connectivity index (χ1n) is 7.46. The molecule has 0 radical (unpaired) electrons. The fourth-order valence-corrected chi connectivity index (χ4v) is 3.59. The molecule has 1 aromatic carbocycles. The van der Waals surface area contributed by atoms with Crippen LogP contribution in [0.25, 0.3) is 0 Å². The predicted octanol–water partition coefficient (Wildman–Crippen LogP) is 1.82. The van der Waals surface area contributed by atoms with E-state index in [1.165, 1.54) is 23.4 Å². The Labute approximate surface area is 142 Å². The van der Waals surface area contributed by atoms with Crippen LogP contribution in [0.15, 0.2) is 29.2 Å². The smallest absolute Gasteiger partial charge is 0.243 e. The van der Waals surface area contributed by atoms with Crippen molar-refractivity contribution in [2.45, 2.75) is 32.2 Å². The van der Waals surface area contributed by atoms with E-state index in [2.05, 4.69) is 10.4 Å². The summed E-state index contributed by atoms with van der Waals surface area (Å²) in [6.07, 6.45) is 0. The molecule has 0 saturated heterocycles. The molecule has 1 amide bonds. The molecule has 0 atom stereocenters. The maximum Gasteiger partial charge on any atom is 0.243 e. The van der Waals surface area contributed by atoms with E-state index in [1.54, 1.807) is 23.9 Å². The van der Waals surface area contributed by atoms with Gasteiger partial charge in [0.25, 0.3) is 0 Å². The van der Waals surface area contributed by atoms with Gasteiger partial charge >= 0.3 is 0 Å². The third kappa shape index (κ3) is 3.65. The van der Waals surface area contributed by atoms with Crippen molar-refractivity contribution in [2.24, 2.45) is 7.05 Å². The fourth-order valence-electron chi connectivity index (χ4n) is 2.45. The van der Waals surface area contributed by atoms with Gasteiger partial charge in [0.15, 0.2) is 0 Å². The highest BCUT2D eigenvalue weighted by molar-refractivity contribution is 7.89. The molecule has 24 heavy (non-hydrogen) atoms. The molecular formula is C16H22N4O3S. The van der Waals surface area contributed by atoms with Crippen LogP contribution in [0.3, 0.4) is 0 Å². The van der Waals surface area contributed by atoms with E-state index in [0.717, 1.165) is 17.0 Å². The number of carbonyl (C=O) groups is 1. The Hall–Kier alpha value is -2.19. The standard InChI is InChI=1S/C16H22N4O3S/c1-11-16(12(2)20(5)18-11)10-19(4)24(22,23)15-8-6-14(7-9-15)17-13(3)21/h6-9H,10H2,1-5H3,(H,17,21). The van der Waals surface area contributed by atoms with Crippen LogP contribution in [0.1, 0.15) is 23.9 Å². The summed E-state index contributed by atoms with van der Waals surface area (Å²) in [5.74, 6) is -0.203. The number of nitrogens with one attached hydrogen (secondary N) is 1. The lowest BCUT2D eigenvalue weighted by Gasteiger charge is -2.18. The SMILES string of the molecule is CC(=O)Nc1ccc(S(=O)(=O)N(C)Cc2c(C)nn(C)c2C)cc1. The van der Waals surface area contributed by atoms with Gasteiger partial charge in [-0.1, -0.05) is 0 Å². The average Bonchev–Trinajstić information content (AvgIpc) is 2.73. The van der Waals surface area contributed by atoms with E-state index in [1.807, 2.05) is 20.9 Å². The van der Waals surface area contributed by atoms with Gasteiger partial charge in [-0.05, 0) is 38.1 Å². The van der Waals surface area contributed by atoms with Crippen molar-refractivity contribution in [1.29, 1.82) is 0 Å². The largest absolute Gasteiger partial charge is 0.326 e. The fraction of sp³-hybridized carbons (Fsp3) is 0.375. The van der Waals surface area contributed by atoms with Gasteiger partial charge in [-0.15, -0.1) is 0 Å². The normalized spacial score (nSPS) is 11.8. The summed E-state index contributed by atoms with van der Waals surface area (Å²) in [7, 11) is -0.244. The molecule has 8 heteroatoms. The van der Waals surface area contributed by atoms with Crippen molar-refractivity contribution in [3.63, 3.8) is 0 Å². The highest BCUT2D eigenvalue weighted by Gasteiger charge is 2.23. The van der Waals surface area contributed by atoms with Crippen molar-refractivity contribution in [1.82, 2.24) is 14.1 Å². The number of sulfonamides is 1. The number of benzene rings is 1. The van der Waals surface area contributed by atoms with E-state index in [4.69, 9.17) is 0 Å². The molecule has 130 valence electrons. The van der Waals surface area contributed by atoms with Crippen LogP contribution in [0.5, 0.6) is 0 Å². The minimum absolute atomic E-state index is 0.179. The minimum atomic E-state index is -3.62. The maximum atomic E-state index is 12.7. The van der Waals surface area contributed by atoms with Gasteiger partial charge in [-0.3, -0.25) is 9.48 Å². The Morgan fingerprint density at radius 3 is 2.29 bits per heavy atom. The number of aromatic nitrogens is 2. The lowest BCUT2D eigenvalue weighted by molar-refractivity contribution is -0.114. The topological polar surface area (TPSA) is 84.3 Å². The second-order valence-electron chi connectivity index (χ2n) is 5.74. The number of anilines is 1. The predicted molar refractivity (Wildman–Crippen MR) is 92.1 cm³/mol. The molecule has 2 aromatic rings. The van der Waals surface area contributed by atoms with Crippen molar-refractivity contribution in [3.8, 4) is 0 Å². The van der Waals surface area contributed by atoms with Crippen LogP contribution in [-0.2, 0) is 28.4 Å². The summed E-state index contributed by atoms with van der Waals surface area (Å²) in [6, 6.07) is 6.12. The van der Waals surface area contributed by atoms with Gasteiger partial charge in [0, 0.05) is 44.5 Å². The summed E-state index contributed by atoms with van der Waals surface area (Å²) in [6.45, 7) is 5.43. The molecule has 0 bridgehead atoms. The highest BCUT2D eigenvalue weighted by Crippen LogP contribution is 2.21. The average molecular weight is 350 g/mol. The van der Waals surface area contributed by atoms with Crippen LogP contribution in [0.2, 0.25) is 0 Å². The van der Waals surface area contributed by atoms with E-state index in [9.17, 15) is 13.2 Å². The molecule has 0 aliphatic rings. The Bertz CT molecular complexity index is 854. The molecule has 0 saturated carbocycles. The van der Waals surface area contributed by atoms with E-state index in [0.29, 0.717) is 5.69 Å². The zero-order valence-corrected chi connectivity index (χ0v) is 15.3. The highest BCUT2D eigenvalue weighted by atomic mass is 32.2. The number of nitrogens with zero attached hydrogens (tertiary/aromatic N) is 3. The van der Waals surface area contributed by atoms with Gasteiger partial charge in [-0.25, -0.2) is 8.42 Å². The quantitative estimate of drug-likeness (QED) is 0.891. The Morgan fingerprint density at radius 1 is 1.25 bits per heavy atom. The first-order chi connectivity index (χ1) is 11.1. The number of amides is 1. The summed E-state index contributed by atoms with van der Waals surface area (Å²) >= 11 is 0. The summed E-state index contributed by atoms with van der Waals surface area (Å²) in [5.41, 5.74) is 3.22. The second kappa shape index (κ2) is 6.74. The Balaban J connectivity index is 2.24. The maximum absolute atomic E-state index is 12.7. The van der Waals surface area contributed by atoms with Crippen LogP contribution in [0.4, 0.5) is 5.69 Å². The van der Waals surface area contributed by atoms with E-state index in [-0.39, 0.29) is 17.3 Å². The van der Waals surface area contributed by atoms with Gasteiger partial charge in [0.05, 0.1) is 10.6 Å². The van der Waals surface area contributed by atoms with E-state index >= 15 is 0 Å². The molecular weight excluding hydrogens is 328 g/mol. The second-order valence-corrected chi connectivity index (χ2v) is 7.78. The third-order valence-corrected chi connectivity index (χ3v) is 5.74. The minimum Gasteiger partial charge on any atom is -0.326 e. The van der Waals surface area contributed by atoms with Crippen LogP contribution in [0, 0.1) is 13.8 Å². The summed E-state index contributed by atoms with van der Waals surface area (Å²) in [5, 5.41) is 6.92. The van der Waals surface area contributed by atoms with Gasteiger partial charge < -0.3 is 5.32 Å². The first-order valence-corrected chi connectivity index (χ1v) is 8.90. The van der Waals surface area contributed by atoms with Gasteiger partial charge in [0.1, 0.15) is 0 Å². The van der Waals surface area contributed by atoms with Crippen molar-refractivity contribution in [3.05, 3.63) is 41.2 Å². The van der Waals surface area contributed by atoms with Crippen LogP contribution < -0.4 is 5.32 Å². The molecule has 0 aliphatic heterocycles. The molecule has 0 unspecified atom stereocenters. The Morgan fingerprint density at radius 2 is 1.83 bits per heavy atom. The molecule has 1 aromatic heterocycles. The molecule has 1 N–H and O–H groups in total. The molecule has 1 heterocycles. The lowest BCUT2D eigenvalue weighted by Crippen LogP contribution is -2.27. The monoisotopic (exact) mass is 350 g/mol. The molecule has 2 rings (SSSR count). The number of carbonyl (C=O) groups excluding carboxylic acids is 1. The molecule has 0 fully saturated rings. The number of aryl methyl sites for hydroxylation is 2. The van der Waals surface area contributed by atoms with Crippen molar-refractivity contribution < 1.29 is 13.2 Å². The molecule has 0 spiro atoms. The molecule has 0 aliphatic carbocycles. The summed E-state index contributed by atoms with van der Waals surface area (Å²) < 4.78 is 28.5. The van der Waals surface area contributed by atoms with Gasteiger partial charge in [-0.2, -0.15) is 9.40 Å². The van der Waals surface area contributed by atoms with Crippen molar-refractivity contribution in [2.75, 3.05) is 12.4 Å². The third-order valence-electron chi connectivity index (χ3n) is 3.92.